The highest BCUT2D eigenvalue weighted by molar-refractivity contribution is 4.94. The molecule has 0 aromatic carbocycles. The average molecular weight is 200 g/mol. The van der Waals surface area contributed by atoms with E-state index < -0.39 is 0 Å². The molecule has 1 rings (SSSR count). The van der Waals surface area contributed by atoms with Gasteiger partial charge in [-0.3, -0.25) is 0 Å². The van der Waals surface area contributed by atoms with E-state index in [1.54, 1.807) is 7.11 Å². The van der Waals surface area contributed by atoms with Gasteiger partial charge in [0.15, 0.2) is 0 Å². The van der Waals surface area contributed by atoms with Gasteiger partial charge in [0.25, 0.3) is 0 Å². The molecule has 3 N–H and O–H groups in total. The van der Waals surface area contributed by atoms with Crippen LogP contribution in [0.15, 0.2) is 0 Å². The van der Waals surface area contributed by atoms with Gasteiger partial charge in [-0.15, -0.1) is 0 Å². The summed E-state index contributed by atoms with van der Waals surface area (Å²) in [6.07, 6.45) is 5.00. The molecule has 0 saturated heterocycles. The van der Waals surface area contributed by atoms with Crippen molar-refractivity contribution < 1.29 is 4.74 Å². The largest absolute Gasteiger partial charge is 0.385 e. The zero-order valence-electron chi connectivity index (χ0n) is 9.51. The van der Waals surface area contributed by atoms with Crippen molar-refractivity contribution in [1.29, 1.82) is 0 Å². The Morgan fingerprint density at radius 1 is 1.50 bits per heavy atom. The summed E-state index contributed by atoms with van der Waals surface area (Å²) >= 11 is 0. The van der Waals surface area contributed by atoms with Gasteiger partial charge in [-0.05, 0) is 44.6 Å². The van der Waals surface area contributed by atoms with Gasteiger partial charge in [0.05, 0.1) is 0 Å². The number of methoxy groups -OCH3 is 1. The normalized spacial score (nSPS) is 20.8. The first-order chi connectivity index (χ1) is 6.68. The van der Waals surface area contributed by atoms with E-state index in [-0.39, 0.29) is 0 Å². The molecule has 14 heavy (non-hydrogen) atoms. The molecule has 84 valence electrons. The van der Waals surface area contributed by atoms with Crippen molar-refractivity contribution in [2.75, 3.05) is 26.8 Å². The minimum Gasteiger partial charge on any atom is -0.385 e. The van der Waals surface area contributed by atoms with Crippen molar-refractivity contribution >= 4 is 0 Å². The molecular formula is C11H24N2O. The first kappa shape index (κ1) is 12.0. The van der Waals surface area contributed by atoms with E-state index in [2.05, 4.69) is 12.2 Å². The molecule has 0 aromatic heterocycles. The summed E-state index contributed by atoms with van der Waals surface area (Å²) < 4.78 is 5.11. The summed E-state index contributed by atoms with van der Waals surface area (Å²) in [7, 11) is 1.78. The fraction of sp³-hybridized carbons (Fsp3) is 1.00. The Morgan fingerprint density at radius 3 is 2.71 bits per heavy atom. The molecule has 1 aliphatic rings. The topological polar surface area (TPSA) is 47.3 Å². The second-order valence-corrected chi connectivity index (χ2v) is 4.69. The summed E-state index contributed by atoms with van der Waals surface area (Å²) in [5, 5.41) is 3.49. The molecule has 0 heterocycles. The Labute approximate surface area is 87.4 Å². The van der Waals surface area contributed by atoms with E-state index >= 15 is 0 Å². The lowest BCUT2D eigenvalue weighted by molar-refractivity contribution is 0.171. The second-order valence-electron chi connectivity index (χ2n) is 4.69. The lowest BCUT2D eigenvalue weighted by Gasteiger charge is -2.15. The molecule has 1 atom stereocenters. The van der Waals surface area contributed by atoms with Crippen LogP contribution in [0.2, 0.25) is 0 Å². The molecule has 1 unspecified atom stereocenters. The lowest BCUT2D eigenvalue weighted by atomic mass is 10.0. The predicted octanol–water partition coefficient (Wildman–Crippen LogP) is 1.13. The Bertz CT molecular complexity index is 155. The third-order valence-corrected chi connectivity index (χ3v) is 3.07. The molecule has 3 heteroatoms. The van der Waals surface area contributed by atoms with Crippen molar-refractivity contribution in [1.82, 2.24) is 5.32 Å². The molecule has 3 nitrogen and oxygen atoms in total. The Hall–Kier alpha value is -0.120. The fourth-order valence-corrected chi connectivity index (χ4v) is 1.69. The maximum atomic E-state index is 5.68. The van der Waals surface area contributed by atoms with Crippen molar-refractivity contribution in [2.45, 2.75) is 38.6 Å². The van der Waals surface area contributed by atoms with Crippen LogP contribution in [0.4, 0.5) is 0 Å². The average Bonchev–Trinajstić information content (AvgIpc) is 2.90. The van der Waals surface area contributed by atoms with Crippen molar-refractivity contribution in [3.05, 3.63) is 0 Å². The highest BCUT2D eigenvalue weighted by Gasteiger charge is 2.41. The smallest absolute Gasteiger partial charge is 0.0468 e. The van der Waals surface area contributed by atoms with Crippen LogP contribution in [-0.4, -0.2) is 32.8 Å². The summed E-state index contributed by atoms with van der Waals surface area (Å²) in [5.41, 5.74) is 6.24. The second kappa shape index (κ2) is 5.69. The zero-order valence-corrected chi connectivity index (χ0v) is 9.51. The summed E-state index contributed by atoms with van der Waals surface area (Å²) in [5.74, 6) is 0. The van der Waals surface area contributed by atoms with Crippen LogP contribution in [0.25, 0.3) is 0 Å². The van der Waals surface area contributed by atoms with Crippen LogP contribution in [-0.2, 0) is 4.74 Å². The summed E-state index contributed by atoms with van der Waals surface area (Å²) in [6, 6.07) is 0.316. The van der Waals surface area contributed by atoms with E-state index in [9.17, 15) is 0 Å². The molecule has 0 amide bonds. The number of rotatable bonds is 8. The number of ether oxygens (including phenoxy) is 1. The van der Waals surface area contributed by atoms with Gasteiger partial charge in [0, 0.05) is 26.3 Å². The SMILES string of the molecule is COCCC1(CNCCC(C)N)CC1. The molecule has 0 bridgehead atoms. The van der Waals surface area contributed by atoms with E-state index in [1.807, 2.05) is 0 Å². The first-order valence-corrected chi connectivity index (χ1v) is 5.64. The van der Waals surface area contributed by atoms with Crippen LogP contribution in [0.3, 0.4) is 0 Å². The highest BCUT2D eigenvalue weighted by atomic mass is 16.5. The minimum absolute atomic E-state index is 0.316. The van der Waals surface area contributed by atoms with Gasteiger partial charge in [0.1, 0.15) is 0 Å². The van der Waals surface area contributed by atoms with Crippen LogP contribution < -0.4 is 11.1 Å². The van der Waals surface area contributed by atoms with Crippen LogP contribution >= 0.6 is 0 Å². The van der Waals surface area contributed by atoms with Gasteiger partial charge < -0.3 is 15.8 Å². The van der Waals surface area contributed by atoms with E-state index in [4.69, 9.17) is 10.5 Å². The first-order valence-electron chi connectivity index (χ1n) is 5.64. The van der Waals surface area contributed by atoms with Gasteiger partial charge >= 0.3 is 0 Å². The minimum atomic E-state index is 0.316. The zero-order chi connectivity index (χ0) is 10.4. The third kappa shape index (κ3) is 4.40. The standard InChI is InChI=1S/C11H24N2O/c1-10(12)3-7-13-9-11(4-5-11)6-8-14-2/h10,13H,3-9,12H2,1-2H3. The van der Waals surface area contributed by atoms with E-state index in [0.29, 0.717) is 11.5 Å². The van der Waals surface area contributed by atoms with Crippen molar-refractivity contribution in [3.63, 3.8) is 0 Å². The van der Waals surface area contributed by atoms with Crippen LogP contribution in [0.1, 0.15) is 32.6 Å². The van der Waals surface area contributed by atoms with Crippen molar-refractivity contribution in [3.8, 4) is 0 Å². The molecule has 1 aliphatic carbocycles. The quantitative estimate of drug-likeness (QED) is 0.577. The summed E-state index contributed by atoms with van der Waals surface area (Å²) in [6.45, 7) is 5.14. The van der Waals surface area contributed by atoms with Crippen LogP contribution in [0.5, 0.6) is 0 Å². The molecule has 0 aliphatic heterocycles. The van der Waals surface area contributed by atoms with Gasteiger partial charge in [-0.1, -0.05) is 0 Å². The highest BCUT2D eigenvalue weighted by Crippen LogP contribution is 2.48. The van der Waals surface area contributed by atoms with Crippen molar-refractivity contribution in [2.24, 2.45) is 11.1 Å². The Balaban J connectivity index is 2.00. The molecule has 1 fully saturated rings. The molecule has 0 radical (unpaired) electrons. The maximum absolute atomic E-state index is 5.68. The number of hydrogen-bond donors (Lipinski definition) is 2. The fourth-order valence-electron chi connectivity index (χ4n) is 1.69. The number of hydrogen-bond acceptors (Lipinski definition) is 3. The lowest BCUT2D eigenvalue weighted by Crippen LogP contribution is -2.29. The van der Waals surface area contributed by atoms with Gasteiger partial charge in [-0.25, -0.2) is 0 Å². The Kier molecular flexibility index (Phi) is 4.85. The molecular weight excluding hydrogens is 176 g/mol. The molecule has 1 saturated carbocycles. The number of nitrogens with one attached hydrogen (secondary N) is 1. The van der Waals surface area contributed by atoms with Gasteiger partial charge in [-0.2, -0.15) is 0 Å². The van der Waals surface area contributed by atoms with E-state index in [1.165, 1.54) is 19.3 Å². The van der Waals surface area contributed by atoms with Gasteiger partial charge in [0.2, 0.25) is 0 Å². The molecule has 0 aromatic rings. The van der Waals surface area contributed by atoms with E-state index in [0.717, 1.165) is 26.1 Å². The number of nitrogens with two attached hydrogens (primary N) is 1. The maximum Gasteiger partial charge on any atom is 0.0468 e. The monoisotopic (exact) mass is 200 g/mol. The summed E-state index contributed by atoms with van der Waals surface area (Å²) in [4.78, 5) is 0. The third-order valence-electron chi connectivity index (χ3n) is 3.07. The Morgan fingerprint density at radius 2 is 2.21 bits per heavy atom. The molecule has 0 spiro atoms. The predicted molar refractivity (Wildman–Crippen MR) is 59.3 cm³/mol. The van der Waals surface area contributed by atoms with Crippen LogP contribution in [0, 0.1) is 5.41 Å².